The highest BCUT2D eigenvalue weighted by Gasteiger charge is 2.09. The molecule has 1 aromatic carbocycles. The Hall–Kier alpha value is -0.0500. The molecule has 0 aliphatic heterocycles. The van der Waals surface area contributed by atoms with Gasteiger partial charge in [-0.05, 0) is 30.2 Å². The fourth-order valence-electron chi connectivity index (χ4n) is 1.38. The number of nitrogens with two attached hydrogens (primary N) is 1. The molecule has 14 heavy (non-hydrogen) atoms. The zero-order chi connectivity index (χ0) is 10.6. The lowest BCUT2D eigenvalue weighted by atomic mass is 10.0. The van der Waals surface area contributed by atoms with Crippen LogP contribution in [0.2, 0.25) is 5.02 Å². The molecule has 78 valence electrons. The van der Waals surface area contributed by atoms with Gasteiger partial charge in [0.25, 0.3) is 0 Å². The molecule has 1 atom stereocenters. The van der Waals surface area contributed by atoms with E-state index in [1.165, 1.54) is 6.42 Å². The number of halogens is 2. The van der Waals surface area contributed by atoms with E-state index in [9.17, 15) is 0 Å². The minimum Gasteiger partial charge on any atom is -0.324 e. The molecule has 0 heterocycles. The van der Waals surface area contributed by atoms with Gasteiger partial charge in [0.15, 0.2) is 0 Å². The van der Waals surface area contributed by atoms with Crippen LogP contribution in [0, 0.1) is 0 Å². The first kappa shape index (κ1) is 12.0. The van der Waals surface area contributed by atoms with Gasteiger partial charge in [0.05, 0.1) is 0 Å². The summed E-state index contributed by atoms with van der Waals surface area (Å²) >= 11 is 9.40. The summed E-state index contributed by atoms with van der Waals surface area (Å²) in [5.41, 5.74) is 7.16. The lowest BCUT2D eigenvalue weighted by Gasteiger charge is -2.13. The van der Waals surface area contributed by atoms with Crippen LogP contribution in [0.5, 0.6) is 0 Å². The van der Waals surface area contributed by atoms with Gasteiger partial charge in [0.1, 0.15) is 0 Å². The van der Waals surface area contributed by atoms with Crippen LogP contribution in [0.15, 0.2) is 22.7 Å². The summed E-state index contributed by atoms with van der Waals surface area (Å²) in [7, 11) is 0. The number of unbranched alkanes of at least 4 members (excludes halogenated alkanes) is 1. The average Bonchev–Trinajstić information content (AvgIpc) is 2.18. The van der Waals surface area contributed by atoms with Crippen molar-refractivity contribution >= 4 is 27.5 Å². The van der Waals surface area contributed by atoms with E-state index in [-0.39, 0.29) is 6.04 Å². The lowest BCUT2D eigenvalue weighted by molar-refractivity contribution is 0.602. The molecule has 0 aromatic heterocycles. The molecular weight excluding hydrogens is 261 g/mol. The normalized spacial score (nSPS) is 12.9. The monoisotopic (exact) mass is 275 g/mol. The van der Waals surface area contributed by atoms with Crippen molar-refractivity contribution in [3.8, 4) is 0 Å². The Kier molecular flexibility index (Phi) is 4.93. The van der Waals surface area contributed by atoms with Gasteiger partial charge in [-0.3, -0.25) is 0 Å². The molecule has 3 heteroatoms. The Morgan fingerprint density at radius 1 is 1.50 bits per heavy atom. The summed E-state index contributed by atoms with van der Waals surface area (Å²) < 4.78 is 1.05. The quantitative estimate of drug-likeness (QED) is 0.872. The van der Waals surface area contributed by atoms with Crippen molar-refractivity contribution in [2.24, 2.45) is 5.73 Å². The van der Waals surface area contributed by atoms with Gasteiger partial charge >= 0.3 is 0 Å². The molecule has 1 rings (SSSR count). The molecule has 0 fully saturated rings. The van der Waals surface area contributed by atoms with E-state index in [0.717, 1.165) is 27.9 Å². The molecule has 0 spiro atoms. The summed E-state index contributed by atoms with van der Waals surface area (Å²) in [5, 5.41) is 0.746. The zero-order valence-corrected chi connectivity index (χ0v) is 10.6. The summed E-state index contributed by atoms with van der Waals surface area (Å²) in [6.45, 7) is 2.17. The van der Waals surface area contributed by atoms with Gasteiger partial charge < -0.3 is 5.73 Å². The maximum absolute atomic E-state index is 6.06. The molecule has 0 aliphatic rings. The van der Waals surface area contributed by atoms with Crippen molar-refractivity contribution in [1.29, 1.82) is 0 Å². The molecule has 0 amide bonds. The summed E-state index contributed by atoms with van der Waals surface area (Å²) in [6, 6.07) is 5.83. The third-order valence-corrected chi connectivity index (χ3v) is 3.18. The largest absolute Gasteiger partial charge is 0.324 e. The first-order valence-electron chi connectivity index (χ1n) is 4.85. The van der Waals surface area contributed by atoms with Crippen LogP contribution in [0.4, 0.5) is 0 Å². The molecule has 0 unspecified atom stereocenters. The first-order valence-corrected chi connectivity index (χ1v) is 6.02. The van der Waals surface area contributed by atoms with Gasteiger partial charge in [-0.25, -0.2) is 0 Å². The van der Waals surface area contributed by atoms with Crippen LogP contribution in [0.1, 0.15) is 37.8 Å². The van der Waals surface area contributed by atoms with Gasteiger partial charge in [-0.2, -0.15) is 0 Å². The zero-order valence-electron chi connectivity index (χ0n) is 8.26. The molecule has 1 aromatic rings. The maximum atomic E-state index is 6.06. The summed E-state index contributed by atoms with van der Waals surface area (Å²) in [4.78, 5) is 0. The molecule has 0 saturated carbocycles. The minimum absolute atomic E-state index is 0.0861. The van der Waals surface area contributed by atoms with E-state index in [0.29, 0.717) is 0 Å². The van der Waals surface area contributed by atoms with Crippen LogP contribution in [-0.2, 0) is 0 Å². The van der Waals surface area contributed by atoms with Crippen LogP contribution >= 0.6 is 27.5 Å². The van der Waals surface area contributed by atoms with Crippen LogP contribution in [0.25, 0.3) is 0 Å². The molecule has 2 N–H and O–H groups in total. The average molecular weight is 277 g/mol. The van der Waals surface area contributed by atoms with Crippen molar-refractivity contribution in [3.05, 3.63) is 33.3 Å². The highest BCUT2D eigenvalue weighted by Crippen LogP contribution is 2.27. The van der Waals surface area contributed by atoms with Crippen molar-refractivity contribution in [2.75, 3.05) is 0 Å². The second-order valence-electron chi connectivity index (χ2n) is 3.41. The number of hydrogen-bond donors (Lipinski definition) is 1. The van der Waals surface area contributed by atoms with Crippen molar-refractivity contribution in [3.63, 3.8) is 0 Å². The van der Waals surface area contributed by atoms with Gasteiger partial charge in [0.2, 0.25) is 0 Å². The van der Waals surface area contributed by atoms with Crippen LogP contribution < -0.4 is 5.73 Å². The molecule has 0 radical (unpaired) electrons. The fraction of sp³-hybridized carbons (Fsp3) is 0.455. The lowest BCUT2D eigenvalue weighted by Crippen LogP contribution is -2.10. The molecule has 0 aliphatic carbocycles. The maximum Gasteiger partial charge on any atom is 0.0410 e. The van der Waals surface area contributed by atoms with E-state index in [4.69, 9.17) is 17.3 Å². The van der Waals surface area contributed by atoms with Gasteiger partial charge in [-0.1, -0.05) is 47.3 Å². The molecular formula is C11H15BrClN. The topological polar surface area (TPSA) is 26.0 Å². The van der Waals surface area contributed by atoms with E-state index in [1.54, 1.807) is 0 Å². The fourth-order valence-corrected chi connectivity index (χ4v) is 2.10. The Morgan fingerprint density at radius 3 is 2.86 bits per heavy atom. The van der Waals surface area contributed by atoms with Crippen LogP contribution in [-0.4, -0.2) is 0 Å². The highest BCUT2D eigenvalue weighted by atomic mass is 79.9. The first-order chi connectivity index (χ1) is 6.65. The second kappa shape index (κ2) is 5.74. The predicted molar refractivity (Wildman–Crippen MR) is 65.6 cm³/mol. The van der Waals surface area contributed by atoms with Crippen molar-refractivity contribution in [1.82, 2.24) is 0 Å². The van der Waals surface area contributed by atoms with E-state index in [1.807, 2.05) is 18.2 Å². The molecule has 0 saturated heterocycles. The minimum atomic E-state index is 0.0861. The van der Waals surface area contributed by atoms with E-state index in [2.05, 4.69) is 22.9 Å². The Morgan fingerprint density at radius 2 is 2.21 bits per heavy atom. The molecule has 1 nitrogen and oxygen atoms in total. The van der Waals surface area contributed by atoms with Gasteiger partial charge in [-0.15, -0.1) is 0 Å². The van der Waals surface area contributed by atoms with E-state index >= 15 is 0 Å². The third-order valence-electron chi connectivity index (χ3n) is 2.23. The van der Waals surface area contributed by atoms with Gasteiger partial charge in [0, 0.05) is 15.5 Å². The molecule has 0 bridgehead atoms. The van der Waals surface area contributed by atoms with Crippen molar-refractivity contribution in [2.45, 2.75) is 32.2 Å². The van der Waals surface area contributed by atoms with Crippen LogP contribution in [0.3, 0.4) is 0 Å². The Bertz CT molecular complexity index is 301. The standard InChI is InChI=1S/C11H15BrClN/c1-2-3-4-11(14)9-7-8(13)5-6-10(9)12/h5-7,11H,2-4,14H2,1H3/t11-/m1/s1. The third kappa shape index (κ3) is 3.26. The number of rotatable bonds is 4. The number of benzene rings is 1. The summed E-state index contributed by atoms with van der Waals surface area (Å²) in [6.07, 6.45) is 3.33. The summed E-state index contributed by atoms with van der Waals surface area (Å²) in [5.74, 6) is 0. The second-order valence-corrected chi connectivity index (χ2v) is 4.71. The Labute approximate surface area is 98.8 Å². The smallest absolute Gasteiger partial charge is 0.0410 e. The van der Waals surface area contributed by atoms with E-state index < -0.39 is 0 Å². The highest BCUT2D eigenvalue weighted by molar-refractivity contribution is 9.10. The predicted octanol–water partition coefficient (Wildman–Crippen LogP) is 4.29. The van der Waals surface area contributed by atoms with Crippen molar-refractivity contribution < 1.29 is 0 Å². The number of hydrogen-bond acceptors (Lipinski definition) is 1. The SMILES string of the molecule is CCCC[C@@H](N)c1cc(Cl)ccc1Br. The Balaban J connectivity index is 2.77.